The van der Waals surface area contributed by atoms with E-state index >= 15 is 0 Å². The lowest BCUT2D eigenvalue weighted by Gasteiger charge is -2.06. The van der Waals surface area contributed by atoms with Crippen LogP contribution < -0.4 is 5.32 Å². The second kappa shape index (κ2) is 5.32. The highest BCUT2D eigenvalue weighted by Gasteiger charge is 2.08. The number of H-pyrrole nitrogens is 1. The van der Waals surface area contributed by atoms with E-state index in [-0.39, 0.29) is 12.5 Å². The zero-order chi connectivity index (χ0) is 14.8. The third-order valence-electron chi connectivity index (χ3n) is 3.14. The summed E-state index contributed by atoms with van der Waals surface area (Å²) in [6.45, 7) is 0.122. The molecule has 0 fully saturated rings. The second-order valence-electron chi connectivity index (χ2n) is 4.60. The van der Waals surface area contributed by atoms with Crippen molar-refractivity contribution >= 4 is 16.8 Å². The third kappa shape index (κ3) is 2.74. The first-order valence-electron chi connectivity index (χ1n) is 6.29. The van der Waals surface area contributed by atoms with E-state index in [1.807, 2.05) is 0 Å². The molecule has 0 unspecified atom stereocenters. The molecule has 1 heterocycles. The number of hydrogen-bond donors (Lipinski definition) is 2. The van der Waals surface area contributed by atoms with Gasteiger partial charge in [-0.1, -0.05) is 12.1 Å². The number of benzene rings is 2. The molecular formula is C15H11F2N3O. The van der Waals surface area contributed by atoms with Crippen molar-refractivity contribution in [2.24, 2.45) is 0 Å². The molecule has 0 bridgehead atoms. The van der Waals surface area contributed by atoms with Crippen LogP contribution in [0.15, 0.2) is 42.6 Å². The molecule has 0 spiro atoms. The molecule has 0 atom stereocenters. The molecule has 0 aliphatic heterocycles. The molecule has 2 aromatic carbocycles. The van der Waals surface area contributed by atoms with Crippen molar-refractivity contribution in [1.82, 2.24) is 15.5 Å². The zero-order valence-electron chi connectivity index (χ0n) is 10.9. The fraction of sp³-hybridized carbons (Fsp3) is 0.0667. The number of carbonyl (C=O) groups is 1. The van der Waals surface area contributed by atoms with E-state index in [1.165, 1.54) is 6.07 Å². The van der Waals surface area contributed by atoms with Crippen molar-refractivity contribution in [2.45, 2.75) is 6.54 Å². The van der Waals surface area contributed by atoms with Crippen LogP contribution in [0.1, 0.15) is 15.9 Å². The summed E-state index contributed by atoms with van der Waals surface area (Å²) in [5.74, 6) is -2.13. The van der Waals surface area contributed by atoms with Crippen molar-refractivity contribution in [1.29, 1.82) is 0 Å². The van der Waals surface area contributed by atoms with E-state index in [0.717, 1.165) is 23.0 Å². The Morgan fingerprint density at radius 1 is 1.14 bits per heavy atom. The van der Waals surface area contributed by atoms with E-state index in [9.17, 15) is 13.6 Å². The summed E-state index contributed by atoms with van der Waals surface area (Å²) in [4.78, 5) is 12.0. The number of halogens is 2. The van der Waals surface area contributed by atoms with E-state index in [2.05, 4.69) is 15.5 Å². The van der Waals surface area contributed by atoms with Crippen molar-refractivity contribution in [3.8, 4) is 0 Å². The van der Waals surface area contributed by atoms with Crippen LogP contribution in [0.3, 0.4) is 0 Å². The van der Waals surface area contributed by atoms with Gasteiger partial charge >= 0.3 is 0 Å². The number of amides is 1. The van der Waals surface area contributed by atoms with Crippen LogP contribution in [0, 0.1) is 11.6 Å². The Morgan fingerprint density at radius 3 is 2.81 bits per heavy atom. The monoisotopic (exact) mass is 287 g/mol. The molecule has 0 aliphatic carbocycles. The lowest BCUT2D eigenvalue weighted by Crippen LogP contribution is -2.22. The Hall–Kier alpha value is -2.76. The topological polar surface area (TPSA) is 57.8 Å². The molecule has 106 valence electrons. The fourth-order valence-electron chi connectivity index (χ4n) is 2.01. The molecule has 3 rings (SSSR count). The molecular weight excluding hydrogens is 276 g/mol. The van der Waals surface area contributed by atoms with Gasteiger partial charge in [0.05, 0.1) is 11.7 Å². The number of aromatic amines is 1. The lowest BCUT2D eigenvalue weighted by atomic mass is 10.1. The first kappa shape index (κ1) is 13.2. The molecule has 3 aromatic rings. The van der Waals surface area contributed by atoms with Gasteiger partial charge in [0.25, 0.3) is 5.91 Å². The number of nitrogens with one attached hydrogen (secondary N) is 2. The number of fused-ring (bicyclic) bond motifs is 1. The van der Waals surface area contributed by atoms with Crippen molar-refractivity contribution in [3.63, 3.8) is 0 Å². The molecule has 2 N–H and O–H groups in total. The molecule has 0 aliphatic rings. The van der Waals surface area contributed by atoms with Crippen molar-refractivity contribution < 1.29 is 13.6 Å². The summed E-state index contributed by atoms with van der Waals surface area (Å²) in [5.41, 5.74) is 1.72. The average Bonchev–Trinajstić information content (AvgIpc) is 2.95. The van der Waals surface area contributed by atoms with Gasteiger partial charge < -0.3 is 5.32 Å². The summed E-state index contributed by atoms with van der Waals surface area (Å²) >= 11 is 0. The smallest absolute Gasteiger partial charge is 0.251 e. The van der Waals surface area contributed by atoms with E-state index in [4.69, 9.17) is 0 Å². The summed E-state index contributed by atoms with van der Waals surface area (Å²) in [6.07, 6.45) is 1.66. The van der Waals surface area contributed by atoms with Gasteiger partial charge in [0.1, 0.15) is 0 Å². The molecule has 1 aromatic heterocycles. The maximum absolute atomic E-state index is 13.1. The van der Waals surface area contributed by atoms with Gasteiger partial charge in [-0.15, -0.1) is 0 Å². The van der Waals surface area contributed by atoms with E-state index in [1.54, 1.807) is 24.4 Å². The molecule has 0 saturated heterocycles. The van der Waals surface area contributed by atoms with Gasteiger partial charge in [-0.2, -0.15) is 5.10 Å². The summed E-state index contributed by atoms with van der Waals surface area (Å²) < 4.78 is 25.9. The van der Waals surface area contributed by atoms with Gasteiger partial charge in [-0.3, -0.25) is 9.89 Å². The summed E-state index contributed by atoms with van der Waals surface area (Å²) in [5, 5.41) is 10.2. The van der Waals surface area contributed by atoms with Crippen LogP contribution in [0.4, 0.5) is 8.78 Å². The number of carbonyl (C=O) groups excluding carboxylic acids is 1. The van der Waals surface area contributed by atoms with Gasteiger partial charge in [0, 0.05) is 17.5 Å². The van der Waals surface area contributed by atoms with Crippen LogP contribution in [0.25, 0.3) is 10.9 Å². The van der Waals surface area contributed by atoms with Crippen LogP contribution >= 0.6 is 0 Å². The van der Waals surface area contributed by atoms with Gasteiger partial charge in [0.15, 0.2) is 11.6 Å². The highest BCUT2D eigenvalue weighted by molar-refractivity contribution is 5.97. The zero-order valence-corrected chi connectivity index (χ0v) is 10.9. The normalized spacial score (nSPS) is 10.8. The van der Waals surface area contributed by atoms with E-state index < -0.39 is 11.6 Å². The van der Waals surface area contributed by atoms with Crippen molar-refractivity contribution in [2.75, 3.05) is 0 Å². The molecule has 1 amide bonds. The minimum Gasteiger partial charge on any atom is -0.348 e. The molecule has 21 heavy (non-hydrogen) atoms. The first-order chi connectivity index (χ1) is 10.1. The SMILES string of the molecule is O=C(NCc1ccc(F)c(F)c1)c1ccc2cn[nH]c2c1. The van der Waals surface area contributed by atoms with Crippen LogP contribution in [-0.2, 0) is 6.54 Å². The van der Waals surface area contributed by atoms with Gasteiger partial charge in [-0.25, -0.2) is 8.78 Å². The van der Waals surface area contributed by atoms with Crippen LogP contribution in [-0.4, -0.2) is 16.1 Å². The Morgan fingerprint density at radius 2 is 2.00 bits per heavy atom. The largest absolute Gasteiger partial charge is 0.348 e. The Kier molecular flexibility index (Phi) is 3.35. The third-order valence-corrected chi connectivity index (χ3v) is 3.14. The van der Waals surface area contributed by atoms with Crippen LogP contribution in [0.5, 0.6) is 0 Å². The summed E-state index contributed by atoms with van der Waals surface area (Å²) in [7, 11) is 0. The minimum atomic E-state index is -0.930. The Bertz CT molecular complexity index is 814. The first-order valence-corrected chi connectivity index (χ1v) is 6.29. The number of rotatable bonds is 3. The molecule has 0 saturated carbocycles. The molecule has 0 radical (unpaired) electrons. The maximum atomic E-state index is 13.1. The average molecular weight is 287 g/mol. The van der Waals surface area contributed by atoms with Crippen molar-refractivity contribution in [3.05, 3.63) is 65.4 Å². The Balaban J connectivity index is 1.72. The fourth-order valence-corrected chi connectivity index (χ4v) is 2.01. The summed E-state index contributed by atoms with van der Waals surface area (Å²) in [6, 6.07) is 8.67. The standard InChI is InChI=1S/C15H11F2N3O/c16-12-4-1-9(5-13(12)17)7-18-15(21)10-2-3-11-8-19-20-14(11)6-10/h1-6,8H,7H2,(H,18,21)(H,19,20). The second-order valence-corrected chi connectivity index (χ2v) is 4.60. The Labute approximate surface area is 118 Å². The highest BCUT2D eigenvalue weighted by Crippen LogP contribution is 2.13. The number of nitrogens with zero attached hydrogens (tertiary/aromatic N) is 1. The number of aromatic nitrogens is 2. The highest BCUT2D eigenvalue weighted by atomic mass is 19.2. The van der Waals surface area contributed by atoms with Gasteiger partial charge in [-0.05, 0) is 29.8 Å². The number of hydrogen-bond acceptors (Lipinski definition) is 2. The van der Waals surface area contributed by atoms with E-state index in [0.29, 0.717) is 11.1 Å². The van der Waals surface area contributed by atoms with Gasteiger partial charge in [0.2, 0.25) is 0 Å². The quantitative estimate of drug-likeness (QED) is 0.778. The lowest BCUT2D eigenvalue weighted by molar-refractivity contribution is 0.0951. The molecule has 4 nitrogen and oxygen atoms in total. The predicted molar refractivity (Wildman–Crippen MR) is 73.6 cm³/mol. The predicted octanol–water partition coefficient (Wildman–Crippen LogP) is 2.77. The minimum absolute atomic E-state index is 0.122. The molecule has 6 heteroatoms. The maximum Gasteiger partial charge on any atom is 0.251 e. The van der Waals surface area contributed by atoms with Crippen LogP contribution in [0.2, 0.25) is 0 Å².